The Labute approximate surface area is 119 Å². The van der Waals surface area contributed by atoms with Crippen LogP contribution in [0.2, 0.25) is 0 Å². The minimum absolute atomic E-state index is 0.137. The zero-order valence-electron chi connectivity index (χ0n) is 11.2. The highest BCUT2D eigenvalue weighted by molar-refractivity contribution is 5.81. The third kappa shape index (κ3) is 2.42. The van der Waals surface area contributed by atoms with Crippen molar-refractivity contribution in [3.8, 4) is 0 Å². The van der Waals surface area contributed by atoms with Gasteiger partial charge >= 0.3 is 11.7 Å². The van der Waals surface area contributed by atoms with Crippen LogP contribution in [-0.4, -0.2) is 39.5 Å². The van der Waals surface area contributed by atoms with Crippen LogP contribution < -0.4 is 5.76 Å². The molecule has 2 heterocycles. The molecule has 7 heteroatoms. The molecule has 1 aromatic carbocycles. The van der Waals surface area contributed by atoms with E-state index in [1.54, 1.807) is 24.3 Å². The molecule has 1 N–H and O–H groups in total. The predicted octanol–water partition coefficient (Wildman–Crippen LogP) is 0.528. The van der Waals surface area contributed by atoms with E-state index in [1.807, 2.05) is 0 Å². The van der Waals surface area contributed by atoms with Crippen LogP contribution in [0.1, 0.15) is 6.42 Å². The molecular weight excluding hydrogens is 276 g/mol. The van der Waals surface area contributed by atoms with Gasteiger partial charge in [0.2, 0.25) is 5.91 Å². The second-order valence-electron chi connectivity index (χ2n) is 5.09. The molecule has 1 unspecified atom stereocenters. The maximum Gasteiger partial charge on any atom is 0.420 e. The summed E-state index contributed by atoms with van der Waals surface area (Å²) < 4.78 is 6.33. The number of carbonyl (C=O) groups excluding carboxylic acids is 1. The minimum Gasteiger partial charge on any atom is -0.481 e. The number of oxazole rings is 1. The van der Waals surface area contributed by atoms with Crippen molar-refractivity contribution >= 4 is 23.0 Å². The van der Waals surface area contributed by atoms with Gasteiger partial charge < -0.3 is 14.4 Å². The Morgan fingerprint density at radius 2 is 2.10 bits per heavy atom. The number of carboxylic acids is 1. The Hall–Kier alpha value is -2.57. The molecule has 1 atom stereocenters. The lowest BCUT2D eigenvalue weighted by Crippen LogP contribution is -2.34. The number of para-hydroxylation sites is 2. The summed E-state index contributed by atoms with van der Waals surface area (Å²) in [5, 5.41) is 8.95. The highest BCUT2D eigenvalue weighted by Crippen LogP contribution is 2.17. The van der Waals surface area contributed by atoms with Crippen molar-refractivity contribution in [2.24, 2.45) is 5.92 Å². The molecule has 1 aromatic heterocycles. The van der Waals surface area contributed by atoms with Crippen LogP contribution in [0.25, 0.3) is 11.1 Å². The second kappa shape index (κ2) is 5.08. The maximum absolute atomic E-state index is 12.2. The normalized spacial score (nSPS) is 18.3. The van der Waals surface area contributed by atoms with E-state index in [0.29, 0.717) is 24.1 Å². The van der Waals surface area contributed by atoms with Gasteiger partial charge in [-0.05, 0) is 18.6 Å². The lowest BCUT2D eigenvalue weighted by molar-refractivity contribution is -0.141. The quantitative estimate of drug-likeness (QED) is 0.890. The lowest BCUT2D eigenvalue weighted by Gasteiger charge is -2.15. The number of carboxylic acid groups (broad SMARTS) is 1. The summed E-state index contributed by atoms with van der Waals surface area (Å²) in [4.78, 5) is 36.4. The first kappa shape index (κ1) is 13.4. The topological polar surface area (TPSA) is 92.8 Å². The van der Waals surface area contributed by atoms with E-state index >= 15 is 0 Å². The molecule has 0 radical (unpaired) electrons. The molecule has 0 spiro atoms. The number of fused-ring (bicyclic) bond motifs is 1. The Balaban J connectivity index is 1.80. The molecule has 110 valence electrons. The summed E-state index contributed by atoms with van der Waals surface area (Å²) in [6.07, 6.45) is 0.447. The average molecular weight is 290 g/mol. The van der Waals surface area contributed by atoms with E-state index in [-0.39, 0.29) is 19.0 Å². The van der Waals surface area contributed by atoms with Crippen LogP contribution in [0.15, 0.2) is 33.5 Å². The number of hydrogen-bond acceptors (Lipinski definition) is 4. The molecule has 21 heavy (non-hydrogen) atoms. The number of nitrogens with zero attached hydrogens (tertiary/aromatic N) is 2. The van der Waals surface area contributed by atoms with Crippen molar-refractivity contribution in [1.29, 1.82) is 0 Å². The first-order chi connectivity index (χ1) is 10.1. The Bertz CT molecular complexity index is 760. The van der Waals surface area contributed by atoms with Crippen molar-refractivity contribution in [3.63, 3.8) is 0 Å². The Morgan fingerprint density at radius 1 is 1.33 bits per heavy atom. The Morgan fingerprint density at radius 3 is 2.81 bits per heavy atom. The van der Waals surface area contributed by atoms with E-state index in [2.05, 4.69) is 0 Å². The summed E-state index contributed by atoms with van der Waals surface area (Å²) in [6, 6.07) is 6.87. The molecule has 1 amide bonds. The number of aromatic nitrogens is 1. The third-order valence-corrected chi connectivity index (χ3v) is 3.76. The van der Waals surface area contributed by atoms with Crippen LogP contribution in [0.3, 0.4) is 0 Å². The van der Waals surface area contributed by atoms with Crippen molar-refractivity contribution in [2.75, 3.05) is 13.1 Å². The van der Waals surface area contributed by atoms with Crippen LogP contribution in [0.5, 0.6) is 0 Å². The van der Waals surface area contributed by atoms with Crippen molar-refractivity contribution in [2.45, 2.75) is 13.0 Å². The predicted molar refractivity (Wildman–Crippen MR) is 72.8 cm³/mol. The van der Waals surface area contributed by atoms with Gasteiger partial charge in [0, 0.05) is 13.1 Å². The molecule has 0 saturated carbocycles. The molecular formula is C14H14N2O5. The lowest BCUT2D eigenvalue weighted by atomic mass is 10.1. The first-order valence-corrected chi connectivity index (χ1v) is 6.65. The molecule has 1 aliphatic heterocycles. The molecule has 7 nitrogen and oxygen atoms in total. The molecule has 1 saturated heterocycles. The fourth-order valence-electron chi connectivity index (χ4n) is 2.59. The Kier molecular flexibility index (Phi) is 3.25. The van der Waals surface area contributed by atoms with Gasteiger partial charge in [-0.25, -0.2) is 4.79 Å². The van der Waals surface area contributed by atoms with Gasteiger partial charge in [-0.3, -0.25) is 14.2 Å². The third-order valence-electron chi connectivity index (χ3n) is 3.76. The van der Waals surface area contributed by atoms with Crippen LogP contribution in [0, 0.1) is 5.92 Å². The van der Waals surface area contributed by atoms with E-state index in [4.69, 9.17) is 9.52 Å². The van der Waals surface area contributed by atoms with Gasteiger partial charge in [-0.1, -0.05) is 12.1 Å². The van der Waals surface area contributed by atoms with Gasteiger partial charge in [0.05, 0.1) is 11.4 Å². The molecule has 2 aromatic rings. The van der Waals surface area contributed by atoms with Crippen molar-refractivity contribution in [3.05, 3.63) is 34.8 Å². The fraction of sp³-hybridized carbons (Fsp3) is 0.357. The van der Waals surface area contributed by atoms with Crippen molar-refractivity contribution < 1.29 is 19.1 Å². The number of benzene rings is 1. The number of rotatable bonds is 3. The SMILES string of the molecule is O=C(O)C1CCN(C(=O)Cn2c(=O)oc3ccccc32)C1. The van der Waals surface area contributed by atoms with E-state index in [9.17, 15) is 14.4 Å². The summed E-state index contributed by atoms with van der Waals surface area (Å²) in [5.74, 6) is -2.27. The number of hydrogen-bond donors (Lipinski definition) is 1. The highest BCUT2D eigenvalue weighted by Gasteiger charge is 2.31. The van der Waals surface area contributed by atoms with E-state index in [0.717, 1.165) is 0 Å². The minimum atomic E-state index is -0.892. The summed E-state index contributed by atoms with van der Waals surface area (Å²) in [6.45, 7) is 0.460. The summed E-state index contributed by atoms with van der Waals surface area (Å²) in [5.41, 5.74) is 0.991. The van der Waals surface area contributed by atoms with Gasteiger partial charge in [0.1, 0.15) is 6.54 Å². The van der Waals surface area contributed by atoms with Crippen molar-refractivity contribution in [1.82, 2.24) is 9.47 Å². The molecule has 1 fully saturated rings. The fourth-order valence-corrected chi connectivity index (χ4v) is 2.59. The monoisotopic (exact) mass is 290 g/mol. The van der Waals surface area contributed by atoms with Gasteiger partial charge in [-0.15, -0.1) is 0 Å². The van der Waals surface area contributed by atoms with Gasteiger partial charge in [0.15, 0.2) is 5.58 Å². The number of carbonyl (C=O) groups is 2. The molecule has 0 aliphatic carbocycles. The zero-order chi connectivity index (χ0) is 15.0. The highest BCUT2D eigenvalue weighted by atomic mass is 16.4. The van der Waals surface area contributed by atoms with Crippen LogP contribution >= 0.6 is 0 Å². The largest absolute Gasteiger partial charge is 0.481 e. The van der Waals surface area contributed by atoms with Gasteiger partial charge in [-0.2, -0.15) is 0 Å². The molecule has 3 rings (SSSR count). The zero-order valence-corrected chi connectivity index (χ0v) is 11.2. The maximum atomic E-state index is 12.2. The van der Waals surface area contributed by atoms with E-state index < -0.39 is 17.6 Å². The van der Waals surface area contributed by atoms with Gasteiger partial charge in [0.25, 0.3) is 0 Å². The molecule has 0 bridgehead atoms. The standard InChI is InChI=1S/C14H14N2O5/c17-12(15-6-5-9(7-15)13(18)19)8-16-10-3-1-2-4-11(10)21-14(16)20/h1-4,9H,5-8H2,(H,18,19). The van der Waals surface area contributed by atoms with Crippen LogP contribution in [0.4, 0.5) is 0 Å². The second-order valence-corrected chi connectivity index (χ2v) is 5.09. The summed E-state index contributed by atoms with van der Waals surface area (Å²) in [7, 11) is 0. The number of likely N-dealkylation sites (tertiary alicyclic amines) is 1. The van der Waals surface area contributed by atoms with E-state index in [1.165, 1.54) is 9.47 Å². The average Bonchev–Trinajstić information content (AvgIpc) is 3.05. The summed E-state index contributed by atoms with van der Waals surface area (Å²) >= 11 is 0. The smallest absolute Gasteiger partial charge is 0.420 e. The first-order valence-electron chi connectivity index (χ1n) is 6.65. The number of aliphatic carboxylic acids is 1. The van der Waals surface area contributed by atoms with Crippen LogP contribution in [-0.2, 0) is 16.1 Å². The number of amides is 1. The molecule has 1 aliphatic rings.